The summed E-state index contributed by atoms with van der Waals surface area (Å²) in [4.78, 5) is 24.3. The van der Waals surface area contributed by atoms with Crippen LogP contribution in [0.25, 0.3) is 11.3 Å². The first kappa shape index (κ1) is 18.7. The molecule has 0 bridgehead atoms. The number of aromatic nitrogens is 2. The molecular weight excluding hydrogens is 377 g/mol. The normalized spacial score (nSPS) is 12.4. The average Bonchev–Trinajstić information content (AvgIpc) is 2.73. The van der Waals surface area contributed by atoms with Crippen molar-refractivity contribution in [1.82, 2.24) is 15.1 Å². The lowest BCUT2D eigenvalue weighted by Gasteiger charge is -2.18. The first-order valence-corrected chi connectivity index (χ1v) is 9.08. The Balaban J connectivity index is 1.48. The maximum absolute atomic E-state index is 13.2. The van der Waals surface area contributed by atoms with Gasteiger partial charge >= 0.3 is 0 Å². The standard InChI is InChI=1S/C21H18FN3O4/c22-16-3-1-2-14(10-16)12-23-20(26)13-25-21(27)7-5-17(24-25)15-4-6-18-19(11-15)29-9-8-28-18/h1-7,10-11H,8-9,12-13H2,(H,23,26). The van der Waals surface area contributed by atoms with Crippen LogP contribution in [-0.2, 0) is 17.9 Å². The first-order chi connectivity index (χ1) is 14.1. The number of amides is 1. The van der Waals surface area contributed by atoms with Crippen molar-refractivity contribution in [3.8, 4) is 22.8 Å². The molecule has 29 heavy (non-hydrogen) atoms. The van der Waals surface area contributed by atoms with Crippen LogP contribution < -0.4 is 20.3 Å². The van der Waals surface area contributed by atoms with Gasteiger partial charge in [-0.05, 0) is 42.0 Å². The first-order valence-electron chi connectivity index (χ1n) is 9.08. The van der Waals surface area contributed by atoms with Gasteiger partial charge < -0.3 is 14.8 Å². The van der Waals surface area contributed by atoms with Gasteiger partial charge in [0.15, 0.2) is 11.5 Å². The molecule has 0 radical (unpaired) electrons. The Bertz CT molecular complexity index is 1110. The fourth-order valence-electron chi connectivity index (χ4n) is 2.96. The van der Waals surface area contributed by atoms with Crippen molar-refractivity contribution in [2.75, 3.05) is 13.2 Å². The molecule has 8 heteroatoms. The van der Waals surface area contributed by atoms with Crippen LogP contribution in [0.3, 0.4) is 0 Å². The number of nitrogens with one attached hydrogen (secondary N) is 1. The van der Waals surface area contributed by atoms with Gasteiger partial charge in [-0.2, -0.15) is 5.10 Å². The molecular formula is C21H18FN3O4. The molecule has 148 valence electrons. The summed E-state index contributed by atoms with van der Waals surface area (Å²) in [6.45, 7) is 0.884. The third kappa shape index (κ3) is 4.43. The number of rotatable bonds is 5. The Hall–Kier alpha value is -3.68. The highest BCUT2D eigenvalue weighted by Gasteiger charge is 2.14. The van der Waals surface area contributed by atoms with Crippen molar-refractivity contribution in [3.63, 3.8) is 0 Å². The van der Waals surface area contributed by atoms with Crippen molar-refractivity contribution >= 4 is 5.91 Å². The summed E-state index contributed by atoms with van der Waals surface area (Å²) in [5.41, 5.74) is 1.50. The molecule has 1 N–H and O–H groups in total. The Morgan fingerprint density at radius 3 is 2.72 bits per heavy atom. The number of carbonyl (C=O) groups excluding carboxylic acids is 1. The SMILES string of the molecule is O=C(Cn1nc(-c2ccc3c(c2)OCCO3)ccc1=O)NCc1cccc(F)c1. The second-order valence-electron chi connectivity index (χ2n) is 6.48. The van der Waals surface area contributed by atoms with Crippen LogP contribution in [0, 0.1) is 5.82 Å². The fourth-order valence-corrected chi connectivity index (χ4v) is 2.96. The van der Waals surface area contributed by atoms with Gasteiger partial charge in [0, 0.05) is 18.2 Å². The molecule has 1 aliphatic rings. The van der Waals surface area contributed by atoms with E-state index in [1.807, 2.05) is 6.07 Å². The molecule has 1 aromatic heterocycles. The number of halogens is 1. The van der Waals surface area contributed by atoms with Gasteiger partial charge in [0.25, 0.3) is 5.56 Å². The van der Waals surface area contributed by atoms with Crippen LogP contribution in [-0.4, -0.2) is 28.9 Å². The smallest absolute Gasteiger partial charge is 0.267 e. The molecule has 0 saturated heterocycles. The van der Waals surface area contributed by atoms with Gasteiger partial charge in [-0.1, -0.05) is 12.1 Å². The molecule has 0 unspecified atom stereocenters. The molecule has 1 amide bonds. The zero-order chi connectivity index (χ0) is 20.2. The van der Waals surface area contributed by atoms with Gasteiger partial charge in [-0.3, -0.25) is 9.59 Å². The van der Waals surface area contributed by atoms with Crippen LogP contribution in [0.1, 0.15) is 5.56 Å². The number of carbonyl (C=O) groups is 1. The summed E-state index contributed by atoms with van der Waals surface area (Å²) in [5, 5.41) is 6.95. The molecule has 4 rings (SSSR count). The molecule has 3 aromatic rings. The number of benzene rings is 2. The predicted molar refractivity (Wildman–Crippen MR) is 103 cm³/mol. The summed E-state index contributed by atoms with van der Waals surface area (Å²) >= 11 is 0. The van der Waals surface area contributed by atoms with E-state index in [9.17, 15) is 14.0 Å². The zero-order valence-corrected chi connectivity index (χ0v) is 15.4. The van der Waals surface area contributed by atoms with E-state index in [1.54, 1.807) is 30.3 Å². The topological polar surface area (TPSA) is 82.5 Å². The van der Waals surface area contributed by atoms with Crippen molar-refractivity contribution in [2.24, 2.45) is 0 Å². The monoisotopic (exact) mass is 395 g/mol. The third-order valence-electron chi connectivity index (χ3n) is 4.38. The van der Waals surface area contributed by atoms with E-state index in [1.165, 1.54) is 18.2 Å². The molecule has 0 saturated carbocycles. The van der Waals surface area contributed by atoms with E-state index in [0.29, 0.717) is 36.0 Å². The van der Waals surface area contributed by atoms with Crippen LogP contribution in [0.5, 0.6) is 11.5 Å². The fraction of sp³-hybridized carbons (Fsp3) is 0.190. The molecule has 2 aromatic carbocycles. The lowest BCUT2D eigenvalue weighted by atomic mass is 10.1. The highest BCUT2D eigenvalue weighted by molar-refractivity contribution is 5.75. The molecule has 0 fully saturated rings. The van der Waals surface area contributed by atoms with Crippen LogP contribution >= 0.6 is 0 Å². The minimum absolute atomic E-state index is 0.160. The summed E-state index contributed by atoms with van der Waals surface area (Å²) in [7, 11) is 0. The zero-order valence-electron chi connectivity index (χ0n) is 15.4. The summed E-state index contributed by atoms with van der Waals surface area (Å²) < 4.78 is 25.4. The maximum Gasteiger partial charge on any atom is 0.267 e. The quantitative estimate of drug-likeness (QED) is 0.716. The van der Waals surface area contributed by atoms with Gasteiger partial charge in [0.2, 0.25) is 5.91 Å². The number of fused-ring (bicyclic) bond motifs is 1. The minimum Gasteiger partial charge on any atom is -0.486 e. The van der Waals surface area contributed by atoms with Crippen molar-refractivity contribution in [2.45, 2.75) is 13.1 Å². The van der Waals surface area contributed by atoms with E-state index in [0.717, 1.165) is 10.2 Å². The van der Waals surface area contributed by atoms with Gasteiger partial charge in [0.1, 0.15) is 25.6 Å². The largest absolute Gasteiger partial charge is 0.486 e. The van der Waals surface area contributed by atoms with Gasteiger partial charge in [0.05, 0.1) is 5.69 Å². The molecule has 0 atom stereocenters. The molecule has 7 nitrogen and oxygen atoms in total. The van der Waals surface area contributed by atoms with E-state index in [2.05, 4.69) is 10.4 Å². The van der Waals surface area contributed by atoms with Crippen LogP contribution in [0.4, 0.5) is 4.39 Å². The summed E-state index contributed by atoms with van der Waals surface area (Å²) in [6.07, 6.45) is 0. The van der Waals surface area contributed by atoms with Gasteiger partial charge in [-0.15, -0.1) is 0 Å². The number of ether oxygens (including phenoxy) is 2. The lowest BCUT2D eigenvalue weighted by Crippen LogP contribution is -2.33. The Morgan fingerprint density at radius 1 is 1.07 bits per heavy atom. The second-order valence-corrected chi connectivity index (χ2v) is 6.48. The maximum atomic E-state index is 13.2. The molecule has 0 aliphatic carbocycles. The predicted octanol–water partition coefficient (Wildman–Crippen LogP) is 2.14. The van der Waals surface area contributed by atoms with Crippen molar-refractivity contribution in [1.29, 1.82) is 0 Å². The molecule has 2 heterocycles. The third-order valence-corrected chi connectivity index (χ3v) is 4.38. The minimum atomic E-state index is -0.400. The number of nitrogens with zero attached hydrogens (tertiary/aromatic N) is 2. The molecule has 0 spiro atoms. The average molecular weight is 395 g/mol. The highest BCUT2D eigenvalue weighted by Crippen LogP contribution is 2.33. The highest BCUT2D eigenvalue weighted by atomic mass is 19.1. The van der Waals surface area contributed by atoms with Crippen LogP contribution in [0.15, 0.2) is 59.4 Å². The Labute approximate surface area is 165 Å². The van der Waals surface area contributed by atoms with E-state index in [4.69, 9.17) is 9.47 Å². The Morgan fingerprint density at radius 2 is 1.90 bits per heavy atom. The number of hydrogen-bond donors (Lipinski definition) is 1. The van der Waals surface area contributed by atoms with E-state index in [-0.39, 0.29) is 18.9 Å². The van der Waals surface area contributed by atoms with E-state index < -0.39 is 11.5 Å². The second kappa shape index (κ2) is 8.14. The summed E-state index contributed by atoms with van der Waals surface area (Å²) in [5.74, 6) is 0.496. The number of hydrogen-bond acceptors (Lipinski definition) is 5. The van der Waals surface area contributed by atoms with Gasteiger partial charge in [-0.25, -0.2) is 9.07 Å². The Kier molecular flexibility index (Phi) is 5.24. The van der Waals surface area contributed by atoms with Crippen molar-refractivity contribution in [3.05, 3.63) is 76.3 Å². The summed E-state index contributed by atoms with van der Waals surface area (Å²) in [6, 6.07) is 14.3. The lowest BCUT2D eigenvalue weighted by molar-refractivity contribution is -0.122. The molecule has 1 aliphatic heterocycles. The van der Waals surface area contributed by atoms with Crippen LogP contribution in [0.2, 0.25) is 0 Å². The van der Waals surface area contributed by atoms with E-state index >= 15 is 0 Å². The van der Waals surface area contributed by atoms with Crippen molar-refractivity contribution < 1.29 is 18.7 Å².